The van der Waals surface area contributed by atoms with Crippen LogP contribution in [0.15, 0.2) is 93.7 Å². The number of ketones is 1. The lowest BCUT2D eigenvalue weighted by atomic mass is 10.1. The lowest BCUT2D eigenvalue weighted by molar-refractivity contribution is -0.122. The molecule has 1 amide bonds. The predicted octanol–water partition coefficient (Wildman–Crippen LogP) is 5.70. The van der Waals surface area contributed by atoms with Crippen molar-refractivity contribution < 1.29 is 14.7 Å². The van der Waals surface area contributed by atoms with Gasteiger partial charge >= 0.3 is 0 Å². The molecule has 0 radical (unpaired) electrons. The van der Waals surface area contributed by atoms with Gasteiger partial charge in [-0.3, -0.25) is 19.9 Å². The van der Waals surface area contributed by atoms with Gasteiger partial charge in [0.1, 0.15) is 10.7 Å². The van der Waals surface area contributed by atoms with Gasteiger partial charge in [0.25, 0.3) is 5.91 Å². The number of nitrogens with zero attached hydrogens (tertiary/aromatic N) is 2. The van der Waals surface area contributed by atoms with E-state index in [0.717, 1.165) is 21.2 Å². The van der Waals surface area contributed by atoms with E-state index in [1.165, 1.54) is 30.8 Å². The molecule has 34 heavy (non-hydrogen) atoms. The number of phenolic OH excluding ortho intramolecular Hbond substituents is 1. The van der Waals surface area contributed by atoms with Crippen LogP contribution in [0.5, 0.6) is 5.75 Å². The number of para-hydroxylation sites is 1. The summed E-state index contributed by atoms with van der Waals surface area (Å²) in [6, 6.07) is 24.1. The second kappa shape index (κ2) is 10.2. The number of rotatable bonds is 3. The van der Waals surface area contributed by atoms with E-state index in [-0.39, 0.29) is 22.6 Å². The fourth-order valence-corrected chi connectivity index (χ4v) is 5.65. The molecule has 0 saturated carbocycles. The van der Waals surface area contributed by atoms with Gasteiger partial charge in [-0.05, 0) is 60.6 Å². The first-order chi connectivity index (χ1) is 16.3. The Labute approximate surface area is 206 Å². The molecule has 6 nitrogen and oxygen atoms in total. The number of hydrogen-bond donors (Lipinski definition) is 2. The van der Waals surface area contributed by atoms with Crippen LogP contribution in [-0.4, -0.2) is 33.9 Å². The van der Waals surface area contributed by atoms with Crippen molar-refractivity contribution in [1.29, 1.82) is 5.41 Å². The fraction of sp³-hybridized carbons (Fsp3) is 0.115. The zero-order valence-corrected chi connectivity index (χ0v) is 20.3. The lowest BCUT2D eigenvalue weighted by Crippen LogP contribution is -2.28. The third-order valence-electron chi connectivity index (χ3n) is 5.27. The van der Waals surface area contributed by atoms with Crippen LogP contribution >= 0.6 is 23.5 Å². The molecule has 2 heterocycles. The van der Waals surface area contributed by atoms with Crippen molar-refractivity contribution in [3.8, 4) is 5.75 Å². The second-order valence-electron chi connectivity index (χ2n) is 7.65. The molecule has 3 aromatic rings. The number of aromatic hydroxyl groups is 1. The quantitative estimate of drug-likeness (QED) is 0.363. The molecule has 2 N–H and O–H groups in total. The number of phenols is 1. The summed E-state index contributed by atoms with van der Waals surface area (Å²) < 4.78 is 0. The van der Waals surface area contributed by atoms with E-state index in [4.69, 9.17) is 10.5 Å². The van der Waals surface area contributed by atoms with Crippen LogP contribution in [0, 0.1) is 5.41 Å². The molecule has 3 aromatic carbocycles. The van der Waals surface area contributed by atoms with Crippen LogP contribution in [0.1, 0.15) is 22.8 Å². The fourth-order valence-electron chi connectivity index (χ4n) is 3.45. The van der Waals surface area contributed by atoms with Crippen molar-refractivity contribution in [3.63, 3.8) is 0 Å². The van der Waals surface area contributed by atoms with E-state index in [0.29, 0.717) is 17.0 Å². The van der Waals surface area contributed by atoms with Crippen LogP contribution in [-0.2, 0) is 11.3 Å². The van der Waals surface area contributed by atoms with Crippen LogP contribution in [0.25, 0.3) is 0 Å². The smallest absolute Gasteiger partial charge is 0.269 e. The normalized spacial score (nSPS) is 16.9. The molecule has 0 atom stereocenters. The van der Waals surface area contributed by atoms with Crippen molar-refractivity contribution in [1.82, 2.24) is 4.90 Å². The molecule has 0 bridgehead atoms. The maximum Gasteiger partial charge on any atom is 0.269 e. The average molecular weight is 490 g/mol. The Kier molecular flexibility index (Phi) is 7.09. The van der Waals surface area contributed by atoms with E-state index >= 15 is 0 Å². The number of carbonyl (C=O) groups is 2. The number of carbonyl (C=O) groups excluding carboxylic acids is 2. The summed E-state index contributed by atoms with van der Waals surface area (Å²) in [6.07, 6.45) is 0. The van der Waals surface area contributed by atoms with Gasteiger partial charge < -0.3 is 10.0 Å². The van der Waals surface area contributed by atoms with Crippen molar-refractivity contribution in [2.45, 2.75) is 18.4 Å². The summed E-state index contributed by atoms with van der Waals surface area (Å²) >= 11 is 2.85. The summed E-state index contributed by atoms with van der Waals surface area (Å²) in [5, 5.41) is 18.2. The summed E-state index contributed by atoms with van der Waals surface area (Å²) in [5.74, 6) is 0.112. The number of amidine groups is 1. The summed E-state index contributed by atoms with van der Waals surface area (Å²) in [6.45, 7) is 1.93. The van der Waals surface area contributed by atoms with E-state index < -0.39 is 0 Å². The highest BCUT2D eigenvalue weighted by Crippen LogP contribution is 2.49. The Morgan fingerprint density at radius 2 is 1.59 bits per heavy atom. The van der Waals surface area contributed by atoms with Crippen LogP contribution in [0.2, 0.25) is 0 Å². The van der Waals surface area contributed by atoms with E-state index in [2.05, 4.69) is 6.07 Å². The number of hydrogen-bond acceptors (Lipinski definition) is 7. The molecule has 0 spiro atoms. The van der Waals surface area contributed by atoms with Gasteiger partial charge in [-0.2, -0.15) is 0 Å². The molecule has 0 unspecified atom stereocenters. The van der Waals surface area contributed by atoms with E-state index in [1.807, 2.05) is 60.5 Å². The zero-order chi connectivity index (χ0) is 24.2. The van der Waals surface area contributed by atoms with Crippen molar-refractivity contribution >= 4 is 46.1 Å². The largest absolute Gasteiger partial charge is 0.508 e. The zero-order valence-electron chi connectivity index (χ0n) is 18.7. The Morgan fingerprint density at radius 3 is 2.24 bits per heavy atom. The molecular weight excluding hydrogens is 466 g/mol. The minimum Gasteiger partial charge on any atom is -0.508 e. The highest BCUT2D eigenvalue weighted by Gasteiger charge is 2.38. The number of anilines is 1. The maximum absolute atomic E-state index is 12.9. The van der Waals surface area contributed by atoms with Crippen molar-refractivity contribution in [3.05, 3.63) is 99.9 Å². The first-order valence-corrected chi connectivity index (χ1v) is 12.2. The topological polar surface area (TPSA) is 84.7 Å². The summed E-state index contributed by atoms with van der Waals surface area (Å²) in [7, 11) is 1.97. The SMILES string of the molecule is CC(=O)c1ccc(O)cc1.CN1/C(=C2/SC(=N)N(Cc3ccccc3)C2=O)Sc2ccccc21. The number of Topliss-reactive ketones (excluding diaryl/α,β-unsaturated/α-hetero) is 1. The van der Waals surface area contributed by atoms with Crippen LogP contribution in [0.4, 0.5) is 5.69 Å². The standard InChI is InChI=1S/C18H15N3OS2.C8H8O2/c1-20-13-9-5-6-10-14(13)23-17(20)15-16(22)21(18(19)24-15)11-12-7-3-2-4-8-12;1-6(9)7-2-4-8(10)5-3-7/h2-10,19H,11H2,1H3;2-5,10H,1H3/b17-15-,19-18?;. The van der Waals surface area contributed by atoms with Gasteiger partial charge in [0, 0.05) is 17.5 Å². The summed E-state index contributed by atoms with van der Waals surface area (Å²) in [4.78, 5) is 28.9. The van der Waals surface area contributed by atoms with Crippen LogP contribution < -0.4 is 4.90 Å². The Morgan fingerprint density at radius 1 is 0.941 bits per heavy atom. The van der Waals surface area contributed by atoms with Gasteiger partial charge in [-0.15, -0.1) is 0 Å². The summed E-state index contributed by atoms with van der Waals surface area (Å²) in [5.41, 5.74) is 2.75. The molecule has 5 rings (SSSR count). The maximum atomic E-state index is 12.9. The second-order valence-corrected chi connectivity index (χ2v) is 9.68. The highest BCUT2D eigenvalue weighted by molar-refractivity contribution is 8.19. The molecule has 2 aliphatic heterocycles. The lowest BCUT2D eigenvalue weighted by Gasteiger charge is -2.16. The molecule has 2 aliphatic rings. The third-order valence-corrected chi connectivity index (χ3v) is 7.62. The highest BCUT2D eigenvalue weighted by atomic mass is 32.2. The monoisotopic (exact) mass is 489 g/mol. The molecule has 1 saturated heterocycles. The number of amides is 1. The van der Waals surface area contributed by atoms with Crippen molar-refractivity contribution in [2.24, 2.45) is 0 Å². The minimum absolute atomic E-state index is 0.0139. The minimum atomic E-state index is -0.0870. The first-order valence-electron chi connectivity index (χ1n) is 10.5. The third kappa shape index (κ3) is 5.03. The number of thioether (sulfide) groups is 2. The van der Waals surface area contributed by atoms with Crippen LogP contribution in [0.3, 0.4) is 0 Å². The van der Waals surface area contributed by atoms with Gasteiger partial charge in [0.2, 0.25) is 0 Å². The molecule has 0 aromatic heterocycles. The average Bonchev–Trinajstić information content (AvgIpc) is 3.31. The number of benzene rings is 3. The number of fused-ring (bicyclic) bond motifs is 1. The predicted molar refractivity (Wildman–Crippen MR) is 138 cm³/mol. The Bertz CT molecular complexity index is 1270. The Hall–Kier alpha value is -3.49. The first kappa shape index (κ1) is 23.7. The van der Waals surface area contributed by atoms with E-state index in [1.54, 1.807) is 28.8 Å². The van der Waals surface area contributed by atoms with E-state index in [9.17, 15) is 9.59 Å². The van der Waals surface area contributed by atoms with Gasteiger partial charge in [0.05, 0.1) is 17.3 Å². The molecular formula is C26H23N3O3S2. The Balaban J connectivity index is 0.000000231. The molecule has 1 fully saturated rings. The van der Waals surface area contributed by atoms with Gasteiger partial charge in [0.15, 0.2) is 11.0 Å². The van der Waals surface area contributed by atoms with Gasteiger partial charge in [-0.1, -0.05) is 54.2 Å². The molecule has 8 heteroatoms. The molecule has 0 aliphatic carbocycles. The van der Waals surface area contributed by atoms with Gasteiger partial charge in [-0.25, -0.2) is 0 Å². The van der Waals surface area contributed by atoms with Crippen molar-refractivity contribution in [2.75, 3.05) is 11.9 Å². The molecule has 172 valence electrons. The number of nitrogens with one attached hydrogen (secondary N) is 1.